The van der Waals surface area contributed by atoms with Crippen molar-refractivity contribution in [1.29, 1.82) is 0 Å². The van der Waals surface area contributed by atoms with Gasteiger partial charge in [-0.05, 0) is 38.2 Å². The van der Waals surface area contributed by atoms with E-state index in [2.05, 4.69) is 39.0 Å². The fraction of sp³-hybridized carbons (Fsp3) is 0.500. The van der Waals surface area contributed by atoms with Gasteiger partial charge in [0.25, 0.3) is 0 Å². The average Bonchev–Trinajstić information content (AvgIpc) is 2.47. The molecule has 0 atom stereocenters. The van der Waals surface area contributed by atoms with Crippen molar-refractivity contribution in [3.63, 3.8) is 0 Å². The van der Waals surface area contributed by atoms with Crippen LogP contribution in [0.1, 0.15) is 20.3 Å². The standard InChI is InChI=1S/C14H21N5/c1-3-19(4-2)10-6-9-16-14-12-7-5-8-15-13(12)17-11-18-14/h5,7-8,11H,3-4,6,9-10H2,1-2H3,(H,15,16,17,18). The van der Waals surface area contributed by atoms with Gasteiger partial charge in [0.1, 0.15) is 12.1 Å². The molecular formula is C14H21N5. The highest BCUT2D eigenvalue weighted by molar-refractivity contribution is 5.85. The molecule has 2 heterocycles. The van der Waals surface area contributed by atoms with Crippen LogP contribution in [0.4, 0.5) is 5.82 Å². The average molecular weight is 259 g/mol. The number of anilines is 1. The highest BCUT2D eigenvalue weighted by Gasteiger charge is 2.03. The minimum absolute atomic E-state index is 0.740. The summed E-state index contributed by atoms with van der Waals surface area (Å²) in [5.41, 5.74) is 0.740. The van der Waals surface area contributed by atoms with E-state index in [9.17, 15) is 0 Å². The molecule has 0 saturated heterocycles. The maximum atomic E-state index is 4.29. The van der Waals surface area contributed by atoms with Gasteiger partial charge in [-0.15, -0.1) is 0 Å². The summed E-state index contributed by atoms with van der Waals surface area (Å²) in [4.78, 5) is 15.1. The van der Waals surface area contributed by atoms with Gasteiger partial charge in [-0.1, -0.05) is 13.8 Å². The molecule has 2 aromatic heterocycles. The summed E-state index contributed by atoms with van der Waals surface area (Å²) in [5, 5.41) is 4.35. The first kappa shape index (κ1) is 13.7. The molecule has 0 bridgehead atoms. The maximum absolute atomic E-state index is 4.29. The summed E-state index contributed by atoms with van der Waals surface area (Å²) >= 11 is 0. The molecule has 2 rings (SSSR count). The Labute approximate surface area is 114 Å². The molecule has 2 aromatic rings. The second-order valence-corrected chi connectivity index (χ2v) is 4.40. The second-order valence-electron chi connectivity index (χ2n) is 4.40. The third-order valence-corrected chi connectivity index (χ3v) is 3.25. The topological polar surface area (TPSA) is 53.9 Å². The summed E-state index contributed by atoms with van der Waals surface area (Å²) in [6.45, 7) is 8.63. The summed E-state index contributed by atoms with van der Waals surface area (Å²) in [6.07, 6.45) is 4.41. The third kappa shape index (κ3) is 3.61. The van der Waals surface area contributed by atoms with Gasteiger partial charge in [0.2, 0.25) is 0 Å². The van der Waals surface area contributed by atoms with Crippen LogP contribution in [0.5, 0.6) is 0 Å². The molecular weight excluding hydrogens is 238 g/mol. The Balaban J connectivity index is 1.91. The zero-order valence-corrected chi connectivity index (χ0v) is 11.6. The van der Waals surface area contributed by atoms with Crippen LogP contribution < -0.4 is 5.32 Å². The highest BCUT2D eigenvalue weighted by Crippen LogP contribution is 2.16. The van der Waals surface area contributed by atoms with Crippen LogP contribution in [-0.2, 0) is 0 Å². The van der Waals surface area contributed by atoms with E-state index in [1.807, 2.05) is 12.1 Å². The minimum atomic E-state index is 0.740. The van der Waals surface area contributed by atoms with Gasteiger partial charge < -0.3 is 10.2 Å². The summed E-state index contributed by atoms with van der Waals surface area (Å²) in [7, 11) is 0. The lowest BCUT2D eigenvalue weighted by atomic mass is 10.3. The Bertz CT molecular complexity index is 505. The number of nitrogens with zero attached hydrogens (tertiary/aromatic N) is 4. The molecule has 1 N–H and O–H groups in total. The van der Waals surface area contributed by atoms with E-state index in [1.54, 1.807) is 12.5 Å². The van der Waals surface area contributed by atoms with Crippen molar-refractivity contribution in [3.8, 4) is 0 Å². The number of hydrogen-bond acceptors (Lipinski definition) is 5. The fourth-order valence-electron chi connectivity index (χ4n) is 2.09. The second kappa shape index (κ2) is 6.99. The molecule has 0 fully saturated rings. The number of nitrogens with one attached hydrogen (secondary N) is 1. The lowest BCUT2D eigenvalue weighted by Gasteiger charge is -2.17. The Morgan fingerprint density at radius 1 is 1.16 bits per heavy atom. The Hall–Kier alpha value is -1.75. The SMILES string of the molecule is CCN(CC)CCCNc1ncnc2ncccc12. The first-order valence-electron chi connectivity index (χ1n) is 6.87. The van der Waals surface area contributed by atoms with Crippen molar-refractivity contribution >= 4 is 16.9 Å². The van der Waals surface area contributed by atoms with Crippen LogP contribution in [0.2, 0.25) is 0 Å². The number of rotatable bonds is 7. The molecule has 0 aliphatic heterocycles. The number of aromatic nitrogens is 3. The monoisotopic (exact) mass is 259 g/mol. The first-order chi connectivity index (χ1) is 9.35. The van der Waals surface area contributed by atoms with Crippen molar-refractivity contribution in [1.82, 2.24) is 19.9 Å². The molecule has 19 heavy (non-hydrogen) atoms. The molecule has 0 spiro atoms. The smallest absolute Gasteiger partial charge is 0.164 e. The van der Waals surface area contributed by atoms with E-state index in [-0.39, 0.29) is 0 Å². The van der Waals surface area contributed by atoms with Crippen LogP contribution in [-0.4, -0.2) is 46.0 Å². The largest absolute Gasteiger partial charge is 0.369 e. The first-order valence-corrected chi connectivity index (χ1v) is 6.87. The van der Waals surface area contributed by atoms with E-state index in [4.69, 9.17) is 0 Å². The van der Waals surface area contributed by atoms with Gasteiger partial charge in [-0.3, -0.25) is 0 Å². The fourth-order valence-corrected chi connectivity index (χ4v) is 2.09. The van der Waals surface area contributed by atoms with Gasteiger partial charge in [-0.2, -0.15) is 0 Å². The molecule has 0 radical (unpaired) electrons. The van der Waals surface area contributed by atoms with Crippen molar-refractivity contribution in [2.24, 2.45) is 0 Å². The van der Waals surface area contributed by atoms with Crippen LogP contribution in [0.25, 0.3) is 11.0 Å². The van der Waals surface area contributed by atoms with Crippen molar-refractivity contribution in [2.75, 3.05) is 31.5 Å². The Morgan fingerprint density at radius 2 is 2.00 bits per heavy atom. The van der Waals surface area contributed by atoms with Gasteiger partial charge >= 0.3 is 0 Å². The number of fused-ring (bicyclic) bond motifs is 1. The van der Waals surface area contributed by atoms with E-state index < -0.39 is 0 Å². The van der Waals surface area contributed by atoms with Crippen LogP contribution in [0.3, 0.4) is 0 Å². The Morgan fingerprint density at radius 3 is 2.79 bits per heavy atom. The third-order valence-electron chi connectivity index (χ3n) is 3.25. The number of hydrogen-bond donors (Lipinski definition) is 1. The summed E-state index contributed by atoms with van der Waals surface area (Å²) in [5.74, 6) is 0.873. The van der Waals surface area contributed by atoms with E-state index in [0.29, 0.717) is 0 Å². The highest BCUT2D eigenvalue weighted by atomic mass is 15.1. The molecule has 102 valence electrons. The van der Waals surface area contributed by atoms with Gasteiger partial charge in [0.05, 0.1) is 5.39 Å². The maximum Gasteiger partial charge on any atom is 0.164 e. The summed E-state index contributed by atoms with van der Waals surface area (Å²) < 4.78 is 0. The lowest BCUT2D eigenvalue weighted by Crippen LogP contribution is -2.25. The molecule has 0 aliphatic rings. The summed E-state index contributed by atoms with van der Waals surface area (Å²) in [6, 6.07) is 3.90. The van der Waals surface area contributed by atoms with Crippen molar-refractivity contribution < 1.29 is 0 Å². The quantitative estimate of drug-likeness (QED) is 0.772. The van der Waals surface area contributed by atoms with E-state index >= 15 is 0 Å². The molecule has 0 saturated carbocycles. The predicted molar refractivity (Wildman–Crippen MR) is 78.2 cm³/mol. The molecule has 5 heteroatoms. The number of pyridine rings is 1. The van der Waals surface area contributed by atoms with Gasteiger partial charge in [0, 0.05) is 12.7 Å². The Kier molecular flexibility index (Phi) is 5.03. The van der Waals surface area contributed by atoms with Crippen molar-refractivity contribution in [2.45, 2.75) is 20.3 Å². The van der Waals surface area contributed by atoms with Crippen molar-refractivity contribution in [3.05, 3.63) is 24.7 Å². The zero-order chi connectivity index (χ0) is 13.5. The zero-order valence-electron chi connectivity index (χ0n) is 11.6. The normalized spacial score (nSPS) is 11.1. The van der Waals surface area contributed by atoms with Gasteiger partial charge in [0.15, 0.2) is 5.65 Å². The van der Waals surface area contributed by atoms with Crippen LogP contribution >= 0.6 is 0 Å². The minimum Gasteiger partial charge on any atom is -0.369 e. The molecule has 0 aliphatic carbocycles. The molecule has 0 aromatic carbocycles. The van der Waals surface area contributed by atoms with E-state index in [0.717, 1.165) is 49.5 Å². The molecule has 0 amide bonds. The molecule has 0 unspecified atom stereocenters. The van der Waals surface area contributed by atoms with E-state index in [1.165, 1.54) is 0 Å². The van der Waals surface area contributed by atoms with Gasteiger partial charge in [-0.25, -0.2) is 15.0 Å². The molecule has 5 nitrogen and oxygen atoms in total. The van der Waals surface area contributed by atoms with Crippen LogP contribution in [0.15, 0.2) is 24.7 Å². The predicted octanol–water partition coefficient (Wildman–Crippen LogP) is 2.17. The van der Waals surface area contributed by atoms with Crippen LogP contribution in [0, 0.1) is 0 Å². The lowest BCUT2D eigenvalue weighted by molar-refractivity contribution is 0.303.